The number of unbranched alkanes of at least 4 members (excludes halogenated alkanes) is 2. The molecule has 2 aliphatic heterocycles. The van der Waals surface area contributed by atoms with E-state index in [0.29, 0.717) is 24.2 Å². The van der Waals surface area contributed by atoms with Gasteiger partial charge in [0.15, 0.2) is 0 Å². The summed E-state index contributed by atoms with van der Waals surface area (Å²) in [5.41, 5.74) is 0. The maximum Gasteiger partial charge on any atom is 0.129 e. The molecule has 0 aromatic heterocycles. The lowest BCUT2D eigenvalue weighted by Crippen LogP contribution is -2.43. The van der Waals surface area contributed by atoms with Gasteiger partial charge >= 0.3 is 0 Å². The molecule has 0 amide bonds. The molecular formula is C14H27N2PS. The van der Waals surface area contributed by atoms with Gasteiger partial charge in [-0.1, -0.05) is 31.6 Å². The Kier molecular flexibility index (Phi) is 4.48. The van der Waals surface area contributed by atoms with Gasteiger partial charge in [-0.05, 0) is 40.5 Å². The number of rotatable bonds is 7. The van der Waals surface area contributed by atoms with Crippen LogP contribution in [-0.2, 0) is 11.8 Å². The van der Waals surface area contributed by atoms with Crippen LogP contribution in [0.15, 0.2) is 0 Å². The van der Waals surface area contributed by atoms with Crippen LogP contribution in [0.25, 0.3) is 0 Å². The summed E-state index contributed by atoms with van der Waals surface area (Å²) in [6.45, 7) is 11.7. The minimum absolute atomic E-state index is 0.155. The third kappa shape index (κ3) is 2.28. The average molecular weight is 286 g/mol. The van der Waals surface area contributed by atoms with Crippen molar-refractivity contribution in [1.82, 2.24) is 9.80 Å². The van der Waals surface area contributed by atoms with Gasteiger partial charge in [0.25, 0.3) is 0 Å². The predicted octanol–water partition coefficient (Wildman–Crippen LogP) is 3.81. The lowest BCUT2D eigenvalue weighted by molar-refractivity contribution is 0.146. The van der Waals surface area contributed by atoms with Crippen molar-refractivity contribution in [3.63, 3.8) is 0 Å². The van der Waals surface area contributed by atoms with Gasteiger partial charge < -0.3 is 0 Å². The monoisotopic (exact) mass is 286 g/mol. The molecule has 4 unspecified atom stereocenters. The molecule has 0 spiro atoms. The van der Waals surface area contributed by atoms with Crippen molar-refractivity contribution in [2.75, 3.05) is 0 Å². The van der Waals surface area contributed by atoms with Gasteiger partial charge in [-0.15, -0.1) is 0 Å². The smallest absolute Gasteiger partial charge is 0.129 e. The van der Waals surface area contributed by atoms with Gasteiger partial charge in [0.2, 0.25) is 0 Å². The summed E-state index contributed by atoms with van der Waals surface area (Å²) < 4.78 is 0. The molecule has 2 fully saturated rings. The molecule has 2 heterocycles. The summed E-state index contributed by atoms with van der Waals surface area (Å²) in [6.07, 6.45) is 5.18. The van der Waals surface area contributed by atoms with E-state index in [1.807, 2.05) is 0 Å². The first kappa shape index (κ1) is 14.8. The molecule has 0 aromatic carbocycles. The minimum atomic E-state index is 0.155. The van der Waals surface area contributed by atoms with Gasteiger partial charge in [0.05, 0.1) is 0 Å². The van der Waals surface area contributed by atoms with E-state index in [4.69, 9.17) is 11.8 Å². The Labute approximate surface area is 119 Å². The van der Waals surface area contributed by atoms with Crippen LogP contribution in [0, 0.1) is 0 Å². The molecule has 2 rings (SSSR count). The quantitative estimate of drug-likeness (QED) is 0.399. The summed E-state index contributed by atoms with van der Waals surface area (Å²) in [7, 11) is 1.13. The summed E-state index contributed by atoms with van der Waals surface area (Å²) in [4.78, 5) is 5.33. The maximum absolute atomic E-state index is 5.57. The number of nitrogens with zero attached hydrogens (tertiary/aromatic N) is 2. The molecular weight excluding hydrogens is 259 g/mol. The Bertz CT molecular complexity index is 287. The highest BCUT2D eigenvalue weighted by Crippen LogP contribution is 2.54. The van der Waals surface area contributed by atoms with Crippen LogP contribution < -0.4 is 0 Å². The summed E-state index contributed by atoms with van der Waals surface area (Å²) in [5.74, 6) is 0. The Balaban J connectivity index is 2.13. The van der Waals surface area contributed by atoms with Crippen LogP contribution in [0.1, 0.15) is 60.3 Å². The molecule has 4 atom stereocenters. The van der Waals surface area contributed by atoms with E-state index in [2.05, 4.69) is 44.4 Å². The van der Waals surface area contributed by atoms with Crippen molar-refractivity contribution in [1.29, 1.82) is 0 Å². The van der Waals surface area contributed by atoms with Crippen LogP contribution in [0.3, 0.4) is 0 Å². The first-order chi connectivity index (χ1) is 8.51. The molecule has 0 aliphatic carbocycles. The topological polar surface area (TPSA) is 6.02 Å². The fourth-order valence-electron chi connectivity index (χ4n) is 3.46. The molecule has 2 aliphatic rings. The zero-order chi connectivity index (χ0) is 13.5. The molecule has 0 aromatic rings. The van der Waals surface area contributed by atoms with Gasteiger partial charge in [-0.25, -0.2) is 0 Å². The number of hydrogen-bond acceptors (Lipinski definition) is 3. The lowest BCUT2D eigenvalue weighted by atomic mass is 10.1. The molecule has 0 radical (unpaired) electrons. The second-order valence-corrected chi connectivity index (χ2v) is 7.55. The van der Waals surface area contributed by atoms with Crippen molar-refractivity contribution in [2.24, 2.45) is 0 Å². The molecule has 4 heteroatoms. The largest absolute Gasteiger partial charge is 0.269 e. The van der Waals surface area contributed by atoms with Crippen LogP contribution in [0.4, 0.5) is 0 Å². The Hall–Kier alpha value is 0.440. The highest BCUT2D eigenvalue weighted by molar-refractivity contribution is 7.97. The van der Waals surface area contributed by atoms with E-state index < -0.39 is 0 Å². The van der Waals surface area contributed by atoms with E-state index in [1.165, 1.54) is 25.7 Å². The van der Waals surface area contributed by atoms with Crippen LogP contribution in [0.5, 0.6) is 0 Å². The first-order valence-corrected chi connectivity index (χ1v) is 9.33. The summed E-state index contributed by atoms with van der Waals surface area (Å²) >= 11 is 5.57. The van der Waals surface area contributed by atoms with Crippen molar-refractivity contribution in [3.05, 3.63) is 0 Å². The highest BCUT2D eigenvalue weighted by Gasteiger charge is 2.62. The molecule has 0 bridgehead atoms. The molecule has 104 valence electrons. The summed E-state index contributed by atoms with van der Waals surface area (Å²) in [5, 5.41) is 0.155. The zero-order valence-electron chi connectivity index (χ0n) is 12.4. The third-order valence-electron chi connectivity index (χ3n) is 5.06. The molecule has 2 nitrogen and oxygen atoms in total. The van der Waals surface area contributed by atoms with Gasteiger partial charge in [0.1, 0.15) is 5.40 Å². The Morgan fingerprint density at radius 1 is 0.944 bits per heavy atom. The molecule has 0 N–H and O–H groups in total. The molecule has 0 saturated carbocycles. The van der Waals surface area contributed by atoms with E-state index in [0.717, 1.165) is 7.36 Å². The maximum atomic E-state index is 5.57. The van der Waals surface area contributed by atoms with Crippen molar-refractivity contribution < 1.29 is 0 Å². The Morgan fingerprint density at radius 3 is 1.67 bits per heavy atom. The fourth-order valence-corrected chi connectivity index (χ4v) is 5.46. The van der Waals surface area contributed by atoms with E-state index in [9.17, 15) is 0 Å². The van der Waals surface area contributed by atoms with Gasteiger partial charge in [-0.3, -0.25) is 9.80 Å². The molecule has 18 heavy (non-hydrogen) atoms. The van der Waals surface area contributed by atoms with Crippen molar-refractivity contribution in [3.8, 4) is 0 Å². The van der Waals surface area contributed by atoms with E-state index >= 15 is 0 Å². The lowest BCUT2D eigenvalue weighted by Gasteiger charge is -2.34. The first-order valence-electron chi connectivity index (χ1n) is 7.42. The van der Waals surface area contributed by atoms with Gasteiger partial charge in [-0.2, -0.15) is 0 Å². The molecule has 2 saturated heterocycles. The number of hydrogen-bond donors (Lipinski definition) is 0. The second-order valence-electron chi connectivity index (χ2n) is 6.10. The summed E-state index contributed by atoms with van der Waals surface area (Å²) in [6, 6.07) is 2.84. The minimum Gasteiger partial charge on any atom is -0.269 e. The second kappa shape index (κ2) is 5.44. The normalized spacial score (nSPS) is 45.8. The van der Waals surface area contributed by atoms with E-state index in [1.54, 1.807) is 0 Å². The highest BCUT2D eigenvalue weighted by atomic mass is 32.4. The van der Waals surface area contributed by atoms with Crippen molar-refractivity contribution >= 4 is 19.2 Å². The van der Waals surface area contributed by atoms with Crippen LogP contribution in [0.2, 0.25) is 0 Å². The van der Waals surface area contributed by atoms with E-state index in [-0.39, 0.29) is 5.40 Å². The average Bonchev–Trinajstić information content (AvgIpc) is 3.16. The van der Waals surface area contributed by atoms with Crippen molar-refractivity contribution in [2.45, 2.75) is 89.9 Å². The van der Waals surface area contributed by atoms with Crippen LogP contribution in [-0.4, -0.2) is 39.4 Å². The predicted molar refractivity (Wildman–Crippen MR) is 82.7 cm³/mol. The third-order valence-corrected chi connectivity index (χ3v) is 6.92. The fraction of sp³-hybridized carbons (Fsp3) is 1.00. The zero-order valence-corrected chi connectivity index (χ0v) is 14.1. The Morgan fingerprint density at radius 2 is 1.39 bits per heavy atom. The SMILES string of the molecule is CCCCCC(P=S)(N1C(C)C1C)N1C(C)C1C. The van der Waals surface area contributed by atoms with Gasteiger partial charge in [0, 0.05) is 31.5 Å². The van der Waals surface area contributed by atoms with Crippen LogP contribution >= 0.6 is 7.36 Å². The standard InChI is InChI=1S/C14H27N2PS/c1-6-7-8-9-14(17-18,15-10(2)11(15)3)16-12(4)13(16)5/h10-13H,6-9H2,1-5H3.